The molecule has 0 heterocycles. The average Bonchev–Trinajstić information content (AvgIpc) is 2.29. The first kappa shape index (κ1) is 13.6. The molecule has 0 saturated heterocycles. The molecule has 1 atom stereocenters. The monoisotopic (exact) mass is 238 g/mol. The number of thioether (sulfide) groups is 1. The highest BCUT2D eigenvalue weighted by Crippen LogP contribution is 2.21. The molecule has 0 aliphatic carbocycles. The van der Waals surface area contributed by atoms with E-state index in [2.05, 4.69) is 32.9 Å². The molecule has 0 aromatic heterocycles. The molecule has 0 amide bonds. The van der Waals surface area contributed by atoms with Crippen LogP contribution in [-0.4, -0.2) is 16.6 Å². The Bertz CT molecular complexity index is 292. The van der Waals surface area contributed by atoms with Crippen LogP contribution in [0.3, 0.4) is 0 Å². The van der Waals surface area contributed by atoms with Gasteiger partial charge in [-0.15, -0.1) is 0 Å². The lowest BCUT2D eigenvalue weighted by molar-refractivity contribution is 0.204. The van der Waals surface area contributed by atoms with Gasteiger partial charge in [-0.1, -0.05) is 45.0 Å². The molecule has 1 aromatic carbocycles. The standard InChI is InChI=1S/C14H22OS/c1-4-9-16-10-14(15)13-7-5-12(6-8-13)11(2)3/h5-8,11,14-15H,4,9-10H2,1-3H3. The highest BCUT2D eigenvalue weighted by molar-refractivity contribution is 7.99. The van der Waals surface area contributed by atoms with Crippen LogP contribution in [-0.2, 0) is 0 Å². The molecule has 2 heteroatoms. The summed E-state index contributed by atoms with van der Waals surface area (Å²) in [4.78, 5) is 0. The minimum absolute atomic E-state index is 0.322. The van der Waals surface area contributed by atoms with Gasteiger partial charge in [-0.2, -0.15) is 11.8 Å². The Morgan fingerprint density at radius 2 is 1.69 bits per heavy atom. The molecule has 0 saturated carbocycles. The van der Waals surface area contributed by atoms with E-state index in [1.165, 1.54) is 12.0 Å². The summed E-state index contributed by atoms with van der Waals surface area (Å²) in [5.74, 6) is 2.48. The number of benzene rings is 1. The Hall–Kier alpha value is -0.470. The fourth-order valence-corrected chi connectivity index (χ4v) is 2.41. The van der Waals surface area contributed by atoms with Crippen LogP contribution >= 0.6 is 11.8 Å². The van der Waals surface area contributed by atoms with E-state index in [1.807, 2.05) is 23.9 Å². The molecule has 1 rings (SSSR count). The van der Waals surface area contributed by atoms with E-state index < -0.39 is 0 Å². The summed E-state index contributed by atoms with van der Waals surface area (Å²) in [6.07, 6.45) is 0.849. The van der Waals surface area contributed by atoms with Crippen molar-refractivity contribution in [2.75, 3.05) is 11.5 Å². The van der Waals surface area contributed by atoms with E-state index in [9.17, 15) is 5.11 Å². The molecule has 90 valence electrons. The van der Waals surface area contributed by atoms with Crippen LogP contribution in [0.25, 0.3) is 0 Å². The highest BCUT2D eigenvalue weighted by Gasteiger charge is 2.07. The Morgan fingerprint density at radius 3 is 2.19 bits per heavy atom. The highest BCUT2D eigenvalue weighted by atomic mass is 32.2. The van der Waals surface area contributed by atoms with E-state index in [-0.39, 0.29) is 6.10 Å². The van der Waals surface area contributed by atoms with Gasteiger partial charge in [-0.3, -0.25) is 0 Å². The molecular formula is C14H22OS. The fourth-order valence-electron chi connectivity index (χ4n) is 1.54. The molecule has 0 radical (unpaired) electrons. The first-order valence-corrected chi connectivity index (χ1v) is 7.16. The summed E-state index contributed by atoms with van der Waals surface area (Å²) >= 11 is 1.82. The second kappa shape index (κ2) is 6.97. The zero-order valence-electron chi connectivity index (χ0n) is 10.4. The summed E-state index contributed by atoms with van der Waals surface area (Å²) in [5, 5.41) is 9.96. The summed E-state index contributed by atoms with van der Waals surface area (Å²) in [5.41, 5.74) is 2.37. The zero-order chi connectivity index (χ0) is 12.0. The van der Waals surface area contributed by atoms with Crippen molar-refractivity contribution in [2.45, 2.75) is 39.2 Å². The van der Waals surface area contributed by atoms with Gasteiger partial charge in [0.1, 0.15) is 0 Å². The fraction of sp³-hybridized carbons (Fsp3) is 0.571. The largest absolute Gasteiger partial charge is 0.388 e. The van der Waals surface area contributed by atoms with Crippen LogP contribution in [0.4, 0.5) is 0 Å². The third-order valence-electron chi connectivity index (χ3n) is 2.61. The Kier molecular flexibility index (Phi) is 5.93. The van der Waals surface area contributed by atoms with Crippen molar-refractivity contribution in [1.82, 2.24) is 0 Å². The topological polar surface area (TPSA) is 20.2 Å². The van der Waals surface area contributed by atoms with Crippen LogP contribution in [0.5, 0.6) is 0 Å². The Morgan fingerprint density at radius 1 is 1.12 bits per heavy atom. The average molecular weight is 238 g/mol. The first-order chi connectivity index (χ1) is 7.65. The van der Waals surface area contributed by atoms with Crippen molar-refractivity contribution >= 4 is 11.8 Å². The summed E-state index contributed by atoms with van der Waals surface area (Å²) < 4.78 is 0. The van der Waals surface area contributed by atoms with Gasteiger partial charge in [-0.05, 0) is 29.2 Å². The van der Waals surface area contributed by atoms with Crippen molar-refractivity contribution in [3.05, 3.63) is 35.4 Å². The molecular weight excluding hydrogens is 216 g/mol. The summed E-state index contributed by atoms with van der Waals surface area (Å²) in [6.45, 7) is 6.53. The van der Waals surface area contributed by atoms with Gasteiger partial charge in [0.25, 0.3) is 0 Å². The quantitative estimate of drug-likeness (QED) is 0.756. The molecule has 0 spiro atoms. The van der Waals surface area contributed by atoms with Crippen molar-refractivity contribution in [3.8, 4) is 0 Å². The number of hydrogen-bond donors (Lipinski definition) is 1. The predicted octanol–water partition coefficient (Wildman–Crippen LogP) is 3.99. The van der Waals surface area contributed by atoms with Gasteiger partial charge in [0, 0.05) is 5.75 Å². The molecule has 1 unspecified atom stereocenters. The SMILES string of the molecule is CCCSCC(O)c1ccc(C(C)C)cc1. The third kappa shape index (κ3) is 4.18. The summed E-state index contributed by atoms with van der Waals surface area (Å²) in [7, 11) is 0. The lowest BCUT2D eigenvalue weighted by Crippen LogP contribution is -2.01. The van der Waals surface area contributed by atoms with Gasteiger partial charge >= 0.3 is 0 Å². The van der Waals surface area contributed by atoms with Crippen LogP contribution < -0.4 is 0 Å². The maximum atomic E-state index is 9.96. The number of rotatable bonds is 6. The molecule has 1 aromatic rings. The van der Waals surface area contributed by atoms with Crippen molar-refractivity contribution in [1.29, 1.82) is 0 Å². The molecule has 1 nitrogen and oxygen atoms in total. The molecule has 0 aliphatic heterocycles. The second-order valence-electron chi connectivity index (χ2n) is 4.41. The number of aliphatic hydroxyl groups is 1. The second-order valence-corrected chi connectivity index (χ2v) is 5.56. The van der Waals surface area contributed by atoms with Crippen LogP contribution in [0.2, 0.25) is 0 Å². The minimum Gasteiger partial charge on any atom is -0.388 e. The predicted molar refractivity (Wildman–Crippen MR) is 73.1 cm³/mol. The Balaban J connectivity index is 2.52. The van der Waals surface area contributed by atoms with Crippen LogP contribution in [0.15, 0.2) is 24.3 Å². The van der Waals surface area contributed by atoms with Crippen molar-refractivity contribution in [2.24, 2.45) is 0 Å². The molecule has 16 heavy (non-hydrogen) atoms. The van der Waals surface area contributed by atoms with E-state index >= 15 is 0 Å². The van der Waals surface area contributed by atoms with Crippen molar-refractivity contribution in [3.63, 3.8) is 0 Å². The van der Waals surface area contributed by atoms with E-state index in [1.54, 1.807) is 0 Å². The van der Waals surface area contributed by atoms with Crippen molar-refractivity contribution < 1.29 is 5.11 Å². The van der Waals surface area contributed by atoms with Gasteiger partial charge < -0.3 is 5.11 Å². The number of aliphatic hydroxyl groups excluding tert-OH is 1. The van der Waals surface area contributed by atoms with Gasteiger partial charge in [-0.25, -0.2) is 0 Å². The van der Waals surface area contributed by atoms with Gasteiger partial charge in [0.2, 0.25) is 0 Å². The minimum atomic E-state index is -0.322. The third-order valence-corrected chi connectivity index (χ3v) is 3.86. The lowest BCUT2D eigenvalue weighted by atomic mass is 10.0. The lowest BCUT2D eigenvalue weighted by Gasteiger charge is -2.12. The molecule has 1 N–H and O–H groups in total. The first-order valence-electron chi connectivity index (χ1n) is 6.00. The van der Waals surface area contributed by atoms with Gasteiger partial charge in [0.15, 0.2) is 0 Å². The maximum Gasteiger partial charge on any atom is 0.0880 e. The van der Waals surface area contributed by atoms with E-state index in [4.69, 9.17) is 0 Å². The molecule has 0 aliphatic rings. The Labute approximate surface area is 103 Å². The zero-order valence-corrected chi connectivity index (χ0v) is 11.3. The van der Waals surface area contributed by atoms with Crippen LogP contribution in [0, 0.1) is 0 Å². The van der Waals surface area contributed by atoms with Gasteiger partial charge in [0.05, 0.1) is 6.10 Å². The van der Waals surface area contributed by atoms with E-state index in [0.717, 1.165) is 17.1 Å². The summed E-state index contributed by atoms with van der Waals surface area (Å²) in [6, 6.07) is 8.33. The molecule has 0 fully saturated rings. The smallest absolute Gasteiger partial charge is 0.0880 e. The van der Waals surface area contributed by atoms with E-state index in [0.29, 0.717) is 5.92 Å². The van der Waals surface area contributed by atoms with Crippen LogP contribution in [0.1, 0.15) is 50.3 Å². The number of hydrogen-bond acceptors (Lipinski definition) is 2. The molecule has 0 bridgehead atoms. The maximum absolute atomic E-state index is 9.96. The normalized spacial score (nSPS) is 13.1.